The average Bonchev–Trinajstić information content (AvgIpc) is 2.78. The Kier molecular flexibility index (Phi) is 3.64. The van der Waals surface area contributed by atoms with Crippen LogP contribution >= 0.6 is 0 Å². The lowest BCUT2D eigenvalue weighted by molar-refractivity contribution is -0.141. The second-order valence-corrected chi connectivity index (χ2v) is 4.20. The van der Waals surface area contributed by atoms with E-state index in [1.54, 1.807) is 37.3 Å². The van der Waals surface area contributed by atoms with Crippen LogP contribution in [-0.2, 0) is 19.1 Å². The topological polar surface area (TPSA) is 17.8 Å². The molecule has 102 valence electrons. The summed E-state index contributed by atoms with van der Waals surface area (Å²) in [6.07, 6.45) is -3.92. The molecule has 5 heteroatoms. The largest absolute Gasteiger partial charge is 0.435 e. The van der Waals surface area contributed by atoms with Gasteiger partial charge in [0.25, 0.3) is 0 Å². The molecule has 0 fully saturated rings. The molecular formula is C14H15F3N2. The maximum absolute atomic E-state index is 13.1. The minimum absolute atomic E-state index is 0.206. The van der Waals surface area contributed by atoms with Crippen LogP contribution in [0.2, 0.25) is 0 Å². The summed E-state index contributed by atoms with van der Waals surface area (Å²) in [4.78, 5) is 0. The first-order chi connectivity index (χ1) is 8.99. The smallest absolute Gasteiger partial charge is 0.269 e. The fourth-order valence-electron chi connectivity index (χ4n) is 2.22. The number of nitrogens with zero attached hydrogens (tertiary/aromatic N) is 2. The summed E-state index contributed by atoms with van der Waals surface area (Å²) in [5.41, 5.74) is 0.599. The summed E-state index contributed by atoms with van der Waals surface area (Å²) < 4.78 is 40.8. The molecule has 0 aliphatic carbocycles. The van der Waals surface area contributed by atoms with E-state index in [1.165, 1.54) is 4.68 Å². The lowest BCUT2D eigenvalue weighted by Gasteiger charge is -2.08. The molecule has 2 nitrogen and oxygen atoms in total. The Bertz CT molecular complexity index is 556. The van der Waals surface area contributed by atoms with Gasteiger partial charge < -0.3 is 0 Å². The molecule has 0 saturated heterocycles. The van der Waals surface area contributed by atoms with Crippen LogP contribution in [-0.4, -0.2) is 9.78 Å². The molecule has 19 heavy (non-hydrogen) atoms. The van der Waals surface area contributed by atoms with E-state index in [4.69, 9.17) is 0 Å². The fourth-order valence-corrected chi connectivity index (χ4v) is 2.22. The molecule has 1 aromatic heterocycles. The van der Waals surface area contributed by atoms with Crippen molar-refractivity contribution in [1.82, 2.24) is 9.78 Å². The Morgan fingerprint density at radius 1 is 1.11 bits per heavy atom. The molecular weight excluding hydrogens is 253 g/mol. The number of hydrogen-bond donors (Lipinski definition) is 0. The van der Waals surface area contributed by atoms with E-state index in [-0.39, 0.29) is 5.56 Å². The van der Waals surface area contributed by atoms with E-state index in [2.05, 4.69) is 5.10 Å². The fraction of sp³-hybridized carbons (Fsp3) is 0.357. The zero-order valence-electron chi connectivity index (χ0n) is 10.8. The van der Waals surface area contributed by atoms with E-state index >= 15 is 0 Å². The molecule has 1 aromatic carbocycles. The summed E-state index contributed by atoms with van der Waals surface area (Å²) in [7, 11) is 0. The van der Waals surface area contributed by atoms with Crippen LogP contribution in [0, 0.1) is 0 Å². The van der Waals surface area contributed by atoms with Crippen molar-refractivity contribution in [3.05, 3.63) is 41.7 Å². The number of hydrogen-bond acceptors (Lipinski definition) is 1. The van der Waals surface area contributed by atoms with Gasteiger partial charge in [-0.2, -0.15) is 18.3 Å². The standard InChI is InChI=1S/C14H15F3N2/c1-3-11-12(10-8-6-5-7-9-10)13(14(15,16)17)18-19(11)4-2/h5-9H,3-4H2,1-2H3. The van der Waals surface area contributed by atoms with E-state index < -0.39 is 11.9 Å². The van der Waals surface area contributed by atoms with Crippen molar-refractivity contribution < 1.29 is 13.2 Å². The number of benzene rings is 1. The third kappa shape index (κ3) is 2.50. The third-order valence-electron chi connectivity index (χ3n) is 3.02. The van der Waals surface area contributed by atoms with Crippen LogP contribution in [0.3, 0.4) is 0 Å². The molecule has 0 N–H and O–H groups in total. The SMILES string of the molecule is CCc1c(-c2ccccc2)c(C(F)(F)F)nn1CC. The molecule has 1 heterocycles. The molecule has 2 rings (SSSR count). The van der Waals surface area contributed by atoms with Crippen molar-refractivity contribution in [1.29, 1.82) is 0 Å². The van der Waals surface area contributed by atoms with Crippen molar-refractivity contribution in [2.45, 2.75) is 33.0 Å². The van der Waals surface area contributed by atoms with Gasteiger partial charge in [0.1, 0.15) is 0 Å². The molecule has 0 radical (unpaired) electrons. The molecule has 0 bridgehead atoms. The molecule has 0 spiro atoms. The van der Waals surface area contributed by atoms with Crippen LogP contribution in [0.15, 0.2) is 30.3 Å². The molecule has 2 aromatic rings. The van der Waals surface area contributed by atoms with E-state index in [1.807, 2.05) is 6.92 Å². The number of aryl methyl sites for hydroxylation is 1. The van der Waals surface area contributed by atoms with Crippen LogP contribution in [0.5, 0.6) is 0 Å². The lowest BCUT2D eigenvalue weighted by atomic mass is 10.0. The second kappa shape index (κ2) is 5.07. The minimum Gasteiger partial charge on any atom is -0.269 e. The predicted octanol–water partition coefficient (Wildman–Crippen LogP) is 4.15. The quantitative estimate of drug-likeness (QED) is 0.817. The summed E-state index contributed by atoms with van der Waals surface area (Å²) >= 11 is 0. The lowest BCUT2D eigenvalue weighted by Crippen LogP contribution is -2.08. The molecule has 0 aliphatic heterocycles. The Hall–Kier alpha value is -1.78. The van der Waals surface area contributed by atoms with Gasteiger partial charge in [-0.3, -0.25) is 4.68 Å². The first kappa shape index (κ1) is 13.6. The molecule has 0 unspecified atom stereocenters. The van der Waals surface area contributed by atoms with E-state index in [0.29, 0.717) is 24.2 Å². The first-order valence-corrected chi connectivity index (χ1v) is 6.21. The van der Waals surface area contributed by atoms with E-state index in [9.17, 15) is 13.2 Å². The van der Waals surface area contributed by atoms with Gasteiger partial charge in [0.15, 0.2) is 5.69 Å². The van der Waals surface area contributed by atoms with Crippen LogP contribution in [0.4, 0.5) is 13.2 Å². The summed E-state index contributed by atoms with van der Waals surface area (Å²) in [5, 5.41) is 3.74. The monoisotopic (exact) mass is 268 g/mol. The Morgan fingerprint density at radius 3 is 2.21 bits per heavy atom. The van der Waals surface area contributed by atoms with Gasteiger partial charge in [0, 0.05) is 17.8 Å². The number of halogens is 3. The predicted molar refractivity (Wildman–Crippen MR) is 67.7 cm³/mol. The van der Waals surface area contributed by atoms with Crippen molar-refractivity contribution >= 4 is 0 Å². The highest BCUT2D eigenvalue weighted by Crippen LogP contribution is 2.38. The maximum Gasteiger partial charge on any atom is 0.435 e. The average molecular weight is 268 g/mol. The van der Waals surface area contributed by atoms with Gasteiger partial charge >= 0.3 is 6.18 Å². The minimum atomic E-state index is -4.44. The number of aromatic nitrogens is 2. The van der Waals surface area contributed by atoms with Crippen molar-refractivity contribution in [3.8, 4) is 11.1 Å². The number of alkyl halides is 3. The highest BCUT2D eigenvalue weighted by molar-refractivity contribution is 5.69. The zero-order chi connectivity index (χ0) is 14.0. The summed E-state index contributed by atoms with van der Waals surface area (Å²) in [6, 6.07) is 8.62. The summed E-state index contributed by atoms with van der Waals surface area (Å²) in [5.74, 6) is 0. The van der Waals surface area contributed by atoms with E-state index in [0.717, 1.165) is 0 Å². The zero-order valence-corrected chi connectivity index (χ0v) is 10.8. The second-order valence-electron chi connectivity index (χ2n) is 4.20. The van der Waals surface area contributed by atoms with Crippen molar-refractivity contribution in [2.24, 2.45) is 0 Å². The molecule has 0 amide bonds. The van der Waals surface area contributed by atoms with Gasteiger partial charge in [-0.1, -0.05) is 37.3 Å². The van der Waals surface area contributed by atoms with Crippen LogP contribution in [0.1, 0.15) is 25.2 Å². The number of rotatable bonds is 3. The molecule has 0 saturated carbocycles. The van der Waals surface area contributed by atoms with Crippen molar-refractivity contribution in [3.63, 3.8) is 0 Å². The van der Waals surface area contributed by atoms with Crippen LogP contribution in [0.25, 0.3) is 11.1 Å². The Morgan fingerprint density at radius 2 is 1.74 bits per heavy atom. The van der Waals surface area contributed by atoms with Gasteiger partial charge in [-0.05, 0) is 18.9 Å². The Labute approximate surface area is 109 Å². The van der Waals surface area contributed by atoms with Crippen LogP contribution < -0.4 is 0 Å². The van der Waals surface area contributed by atoms with Gasteiger partial charge in [-0.15, -0.1) is 0 Å². The molecule has 0 atom stereocenters. The Balaban J connectivity index is 2.72. The van der Waals surface area contributed by atoms with Crippen molar-refractivity contribution in [2.75, 3.05) is 0 Å². The van der Waals surface area contributed by atoms with Gasteiger partial charge in [-0.25, -0.2) is 0 Å². The third-order valence-corrected chi connectivity index (χ3v) is 3.02. The van der Waals surface area contributed by atoms with Gasteiger partial charge in [0.2, 0.25) is 0 Å². The normalized spacial score (nSPS) is 11.8. The maximum atomic E-state index is 13.1. The molecule has 0 aliphatic rings. The van der Waals surface area contributed by atoms with Gasteiger partial charge in [0.05, 0.1) is 0 Å². The highest BCUT2D eigenvalue weighted by Gasteiger charge is 2.39. The highest BCUT2D eigenvalue weighted by atomic mass is 19.4. The first-order valence-electron chi connectivity index (χ1n) is 6.21. The summed E-state index contributed by atoms with van der Waals surface area (Å²) in [6.45, 7) is 4.07.